The number of ketones is 1. The van der Waals surface area contributed by atoms with Crippen LogP contribution in [0, 0.1) is 10.1 Å². The van der Waals surface area contributed by atoms with Gasteiger partial charge in [0.1, 0.15) is 12.4 Å². The van der Waals surface area contributed by atoms with Crippen LogP contribution in [0.25, 0.3) is 0 Å². The van der Waals surface area contributed by atoms with Crippen molar-refractivity contribution in [1.29, 1.82) is 0 Å². The molecular formula is C20H16N2O8. The minimum atomic E-state index is -0.900. The van der Waals surface area contributed by atoms with Crippen LogP contribution in [0.2, 0.25) is 0 Å². The molecule has 0 unspecified atom stereocenters. The van der Waals surface area contributed by atoms with Crippen LogP contribution in [0.5, 0.6) is 5.75 Å². The first-order valence-electron chi connectivity index (χ1n) is 8.93. The van der Waals surface area contributed by atoms with E-state index in [1.54, 1.807) is 24.3 Å². The predicted octanol–water partition coefficient (Wildman–Crippen LogP) is 2.43. The number of rotatable bonds is 6. The molecule has 154 valence electrons. The average molecular weight is 412 g/mol. The van der Waals surface area contributed by atoms with Crippen LogP contribution >= 0.6 is 0 Å². The number of carbonyl (C=O) groups excluding carboxylic acids is 2. The van der Waals surface area contributed by atoms with Gasteiger partial charge in [0, 0.05) is 28.9 Å². The molecule has 2 aromatic carbocycles. The SMILES string of the molecule is O=C1COC(Nc2ccccc2)=C1C(=O)OCc1cc([N+](=O)[O-])cc2c1OCOC2. The van der Waals surface area contributed by atoms with Crippen LogP contribution in [0.15, 0.2) is 53.9 Å². The molecule has 2 aromatic rings. The summed E-state index contributed by atoms with van der Waals surface area (Å²) in [5.41, 5.74) is 0.990. The van der Waals surface area contributed by atoms with Crippen LogP contribution in [0.1, 0.15) is 11.1 Å². The summed E-state index contributed by atoms with van der Waals surface area (Å²) < 4.78 is 21.1. The second kappa shape index (κ2) is 8.21. The molecule has 1 N–H and O–H groups in total. The Morgan fingerprint density at radius 3 is 2.73 bits per heavy atom. The molecule has 0 fully saturated rings. The summed E-state index contributed by atoms with van der Waals surface area (Å²) in [6, 6.07) is 11.5. The Morgan fingerprint density at radius 1 is 1.17 bits per heavy atom. The maximum Gasteiger partial charge on any atom is 0.347 e. The lowest BCUT2D eigenvalue weighted by atomic mass is 10.1. The molecule has 4 rings (SSSR count). The topological polar surface area (TPSA) is 126 Å². The van der Waals surface area contributed by atoms with Gasteiger partial charge in [-0.15, -0.1) is 0 Å². The predicted molar refractivity (Wildman–Crippen MR) is 101 cm³/mol. The lowest BCUT2D eigenvalue weighted by Crippen LogP contribution is -2.18. The number of fused-ring (bicyclic) bond motifs is 1. The first-order valence-corrected chi connectivity index (χ1v) is 8.93. The van der Waals surface area contributed by atoms with Gasteiger partial charge in [-0.25, -0.2) is 4.79 Å². The molecule has 2 heterocycles. The monoisotopic (exact) mass is 412 g/mol. The van der Waals surface area contributed by atoms with E-state index in [9.17, 15) is 19.7 Å². The van der Waals surface area contributed by atoms with E-state index in [1.807, 2.05) is 6.07 Å². The molecule has 2 aliphatic rings. The number of carbonyl (C=O) groups is 2. The number of ether oxygens (including phenoxy) is 4. The molecule has 0 bridgehead atoms. The van der Waals surface area contributed by atoms with Crippen molar-refractivity contribution in [3.8, 4) is 5.75 Å². The number of nitrogens with one attached hydrogen (secondary N) is 1. The molecule has 0 aromatic heterocycles. The fourth-order valence-corrected chi connectivity index (χ4v) is 3.08. The number of nitrogens with zero attached hydrogens (tertiary/aromatic N) is 1. The van der Waals surface area contributed by atoms with E-state index in [4.69, 9.17) is 18.9 Å². The average Bonchev–Trinajstić information content (AvgIpc) is 3.12. The fraction of sp³-hybridized carbons (Fsp3) is 0.200. The molecule has 10 heteroatoms. The summed E-state index contributed by atoms with van der Waals surface area (Å²) >= 11 is 0. The van der Waals surface area contributed by atoms with Gasteiger partial charge in [0.15, 0.2) is 19.0 Å². The highest BCUT2D eigenvalue weighted by atomic mass is 16.7. The molecule has 0 atom stereocenters. The number of non-ortho nitro benzene ring substituents is 1. The zero-order chi connectivity index (χ0) is 21.1. The molecular weight excluding hydrogens is 396 g/mol. The Balaban J connectivity index is 1.55. The van der Waals surface area contributed by atoms with Crippen molar-refractivity contribution in [2.24, 2.45) is 0 Å². The third-order valence-corrected chi connectivity index (χ3v) is 4.43. The highest BCUT2D eigenvalue weighted by Crippen LogP contribution is 2.33. The van der Waals surface area contributed by atoms with E-state index in [0.29, 0.717) is 22.6 Å². The van der Waals surface area contributed by atoms with Crippen molar-refractivity contribution in [2.45, 2.75) is 13.2 Å². The van der Waals surface area contributed by atoms with Crippen LogP contribution in [-0.2, 0) is 37.0 Å². The van der Waals surface area contributed by atoms with Gasteiger partial charge >= 0.3 is 5.97 Å². The number of hydrogen-bond donors (Lipinski definition) is 1. The quantitative estimate of drug-likeness (QED) is 0.329. The minimum absolute atomic E-state index is 0.00178. The standard InChI is InChI=1S/C20H16N2O8/c23-16-10-28-19(21-14-4-2-1-3-5-14)17(16)20(24)29-9-13-7-15(22(25)26)6-12-8-27-11-30-18(12)13/h1-7,21H,8-11H2. The third kappa shape index (κ3) is 3.94. The van der Waals surface area contributed by atoms with Gasteiger partial charge in [-0.1, -0.05) is 18.2 Å². The number of Topliss-reactive ketones (excluding diaryl/α,β-unsaturated/α-hetero) is 1. The number of anilines is 1. The number of esters is 1. The van der Waals surface area contributed by atoms with E-state index < -0.39 is 16.7 Å². The van der Waals surface area contributed by atoms with Gasteiger partial charge in [-0.2, -0.15) is 0 Å². The Morgan fingerprint density at radius 2 is 1.97 bits per heavy atom. The second-order valence-corrected chi connectivity index (χ2v) is 6.44. The Bertz CT molecular complexity index is 1050. The summed E-state index contributed by atoms with van der Waals surface area (Å²) in [5, 5.41) is 14.1. The maximum atomic E-state index is 12.6. The lowest BCUT2D eigenvalue weighted by molar-refractivity contribution is -0.385. The zero-order valence-corrected chi connectivity index (χ0v) is 15.6. The number of nitro groups is 1. The summed E-state index contributed by atoms with van der Waals surface area (Å²) in [5.74, 6) is -1.06. The lowest BCUT2D eigenvalue weighted by Gasteiger charge is -2.20. The third-order valence-electron chi connectivity index (χ3n) is 4.43. The minimum Gasteiger partial charge on any atom is -0.470 e. The summed E-state index contributed by atoms with van der Waals surface area (Å²) in [7, 11) is 0. The molecule has 0 radical (unpaired) electrons. The summed E-state index contributed by atoms with van der Waals surface area (Å²) in [4.78, 5) is 35.4. The van der Waals surface area contributed by atoms with Gasteiger partial charge in [0.2, 0.25) is 11.7 Å². The van der Waals surface area contributed by atoms with Crippen molar-refractivity contribution in [3.05, 3.63) is 75.2 Å². The first kappa shape index (κ1) is 19.4. The van der Waals surface area contributed by atoms with E-state index in [1.165, 1.54) is 12.1 Å². The normalized spacial score (nSPS) is 15.1. The summed E-state index contributed by atoms with van der Waals surface area (Å²) in [6.07, 6.45) is 0. The zero-order valence-electron chi connectivity index (χ0n) is 15.6. The molecule has 30 heavy (non-hydrogen) atoms. The fourth-order valence-electron chi connectivity index (χ4n) is 3.08. The van der Waals surface area contributed by atoms with Gasteiger partial charge in [0.05, 0.1) is 11.5 Å². The van der Waals surface area contributed by atoms with Crippen molar-refractivity contribution in [2.75, 3.05) is 18.7 Å². The van der Waals surface area contributed by atoms with Crippen LogP contribution in [-0.4, -0.2) is 30.1 Å². The van der Waals surface area contributed by atoms with E-state index in [-0.39, 0.29) is 43.8 Å². The van der Waals surface area contributed by atoms with Gasteiger partial charge < -0.3 is 24.3 Å². The smallest absolute Gasteiger partial charge is 0.347 e. The molecule has 0 saturated carbocycles. The van der Waals surface area contributed by atoms with Crippen molar-refractivity contribution in [3.63, 3.8) is 0 Å². The number of benzene rings is 2. The van der Waals surface area contributed by atoms with E-state index in [0.717, 1.165) is 0 Å². The van der Waals surface area contributed by atoms with Crippen molar-refractivity contribution >= 4 is 23.1 Å². The molecule has 0 saturated heterocycles. The molecule has 10 nitrogen and oxygen atoms in total. The van der Waals surface area contributed by atoms with Crippen molar-refractivity contribution < 1.29 is 33.5 Å². The second-order valence-electron chi connectivity index (χ2n) is 6.44. The largest absolute Gasteiger partial charge is 0.470 e. The maximum absolute atomic E-state index is 12.6. The highest BCUT2D eigenvalue weighted by Gasteiger charge is 2.33. The molecule has 0 amide bonds. The number of para-hydroxylation sites is 1. The van der Waals surface area contributed by atoms with E-state index in [2.05, 4.69) is 5.32 Å². The first-order chi connectivity index (χ1) is 14.5. The van der Waals surface area contributed by atoms with Crippen LogP contribution < -0.4 is 10.1 Å². The summed E-state index contributed by atoms with van der Waals surface area (Å²) in [6.45, 7) is -0.487. The Hall–Kier alpha value is -3.92. The molecule has 2 aliphatic heterocycles. The number of hydrogen-bond acceptors (Lipinski definition) is 9. The molecule has 0 spiro atoms. The van der Waals surface area contributed by atoms with Crippen LogP contribution in [0.3, 0.4) is 0 Å². The Kier molecular flexibility index (Phi) is 5.31. The number of nitro benzene ring substituents is 1. The van der Waals surface area contributed by atoms with E-state index >= 15 is 0 Å². The van der Waals surface area contributed by atoms with Gasteiger partial charge in [-0.05, 0) is 12.1 Å². The highest BCUT2D eigenvalue weighted by molar-refractivity contribution is 6.19. The Labute approximate surface area is 170 Å². The van der Waals surface area contributed by atoms with Gasteiger partial charge in [-0.3, -0.25) is 14.9 Å². The molecule has 0 aliphatic carbocycles. The van der Waals surface area contributed by atoms with Crippen LogP contribution in [0.4, 0.5) is 11.4 Å². The van der Waals surface area contributed by atoms with Crippen molar-refractivity contribution in [1.82, 2.24) is 0 Å². The van der Waals surface area contributed by atoms with Gasteiger partial charge in [0.25, 0.3) is 5.69 Å².